The quantitative estimate of drug-likeness (QED) is 0.242. The van der Waals surface area contributed by atoms with Crippen molar-refractivity contribution in [2.45, 2.75) is 52.2 Å². The lowest BCUT2D eigenvalue weighted by molar-refractivity contribution is -0.104. The molecule has 0 bridgehead atoms. The molecule has 22 heavy (non-hydrogen) atoms. The average molecular weight is 298 g/mol. The second-order valence-electron chi connectivity index (χ2n) is 7.09. The largest absolute Gasteiger partial charge is 0.353 e. The third-order valence-corrected chi connectivity index (χ3v) is 4.77. The minimum absolute atomic E-state index is 0.104. The van der Waals surface area contributed by atoms with E-state index in [2.05, 4.69) is 52.0 Å². The molecule has 1 aliphatic heterocycles. The summed E-state index contributed by atoms with van der Waals surface area (Å²) in [6.45, 7) is 10.7. The van der Waals surface area contributed by atoms with Gasteiger partial charge in [0.2, 0.25) is 0 Å². The Hall–Kier alpha value is -1.67. The van der Waals surface area contributed by atoms with Gasteiger partial charge in [0.05, 0.1) is 0 Å². The minimum Gasteiger partial charge on any atom is -0.353 e. The topological polar surface area (TPSA) is 29.6 Å². The van der Waals surface area contributed by atoms with Crippen molar-refractivity contribution in [3.63, 3.8) is 0 Å². The zero-order valence-electron chi connectivity index (χ0n) is 14.2. The number of allylic oxidation sites excluding steroid dienone is 8. The number of aldehydes is 1. The van der Waals surface area contributed by atoms with Crippen LogP contribution in [0.2, 0.25) is 0 Å². The second kappa shape index (κ2) is 5.85. The molecule has 0 spiro atoms. The van der Waals surface area contributed by atoms with Crippen LogP contribution in [0.3, 0.4) is 0 Å². The standard InChI is InChI=1S/C20H26O2/c1-16(8-6-9-17(2)11-15-21)10-14-20-18(3,4)12-7-13-19(20,5)22-20/h6-11,13-15H,12H2,1-5H3/b9-6+,14-10+,16-8+,17-11+. The third-order valence-electron chi connectivity index (χ3n) is 4.77. The summed E-state index contributed by atoms with van der Waals surface area (Å²) >= 11 is 0. The summed E-state index contributed by atoms with van der Waals surface area (Å²) in [5.74, 6) is 0. The molecule has 1 saturated heterocycles. The third kappa shape index (κ3) is 2.93. The van der Waals surface area contributed by atoms with E-state index in [0.717, 1.165) is 23.9 Å². The number of hydrogen-bond donors (Lipinski definition) is 0. The SMILES string of the molecule is CC(/C=C/C=C(C)/C=C/C12OC1(C)C=CCC2(C)C)=C\C=O. The van der Waals surface area contributed by atoms with Gasteiger partial charge in [0.25, 0.3) is 0 Å². The highest BCUT2D eigenvalue weighted by Gasteiger charge is 2.71. The number of fused-ring (bicyclic) bond motifs is 1. The number of carbonyl (C=O) groups excluding carboxylic acids is 1. The highest BCUT2D eigenvalue weighted by Crippen LogP contribution is 2.63. The first kappa shape index (κ1) is 16.7. The van der Waals surface area contributed by atoms with Gasteiger partial charge in [-0.2, -0.15) is 0 Å². The van der Waals surface area contributed by atoms with Crippen molar-refractivity contribution in [1.29, 1.82) is 0 Å². The summed E-state index contributed by atoms with van der Waals surface area (Å²) in [6.07, 6.45) is 18.1. The molecule has 0 N–H and O–H groups in total. The van der Waals surface area contributed by atoms with Crippen LogP contribution in [-0.2, 0) is 9.53 Å². The van der Waals surface area contributed by atoms with Crippen LogP contribution in [0, 0.1) is 5.41 Å². The molecule has 2 nitrogen and oxygen atoms in total. The van der Waals surface area contributed by atoms with Gasteiger partial charge in [-0.15, -0.1) is 0 Å². The zero-order chi connectivity index (χ0) is 16.4. The van der Waals surface area contributed by atoms with Crippen molar-refractivity contribution >= 4 is 6.29 Å². The minimum atomic E-state index is -0.194. The molecule has 0 aromatic heterocycles. The number of epoxide rings is 1. The highest BCUT2D eigenvalue weighted by molar-refractivity contribution is 5.66. The van der Waals surface area contributed by atoms with Gasteiger partial charge in [0.1, 0.15) is 17.5 Å². The van der Waals surface area contributed by atoms with Gasteiger partial charge in [-0.3, -0.25) is 4.79 Å². The molecular formula is C20H26O2. The summed E-state index contributed by atoms with van der Waals surface area (Å²) in [7, 11) is 0. The van der Waals surface area contributed by atoms with Crippen molar-refractivity contribution in [3.8, 4) is 0 Å². The van der Waals surface area contributed by atoms with Gasteiger partial charge >= 0.3 is 0 Å². The molecule has 0 aromatic rings. The number of ether oxygens (including phenoxy) is 1. The van der Waals surface area contributed by atoms with E-state index in [1.807, 2.05) is 25.2 Å². The fourth-order valence-electron chi connectivity index (χ4n) is 3.25. The molecule has 118 valence electrons. The van der Waals surface area contributed by atoms with E-state index in [0.29, 0.717) is 0 Å². The lowest BCUT2D eigenvalue weighted by atomic mass is 9.67. The van der Waals surface area contributed by atoms with Gasteiger partial charge in [-0.25, -0.2) is 0 Å². The molecule has 1 heterocycles. The molecule has 2 unspecified atom stereocenters. The molecule has 0 amide bonds. The fraction of sp³-hybridized carbons (Fsp3) is 0.450. The Bertz CT molecular complexity index is 601. The molecule has 2 heteroatoms. The normalized spacial score (nSPS) is 34.2. The van der Waals surface area contributed by atoms with Gasteiger partial charge in [0, 0.05) is 5.41 Å². The first-order chi connectivity index (χ1) is 10.3. The van der Waals surface area contributed by atoms with E-state index >= 15 is 0 Å². The van der Waals surface area contributed by atoms with Crippen LogP contribution in [0.4, 0.5) is 0 Å². The highest BCUT2D eigenvalue weighted by atomic mass is 16.6. The number of rotatable bonds is 5. The molecule has 1 fully saturated rings. The monoisotopic (exact) mass is 298 g/mol. The molecule has 2 atom stereocenters. The van der Waals surface area contributed by atoms with E-state index in [1.165, 1.54) is 0 Å². The van der Waals surface area contributed by atoms with Gasteiger partial charge in [-0.1, -0.05) is 55.9 Å². The molecule has 2 aliphatic rings. The van der Waals surface area contributed by atoms with Crippen LogP contribution in [0.1, 0.15) is 41.0 Å². The van der Waals surface area contributed by atoms with Crippen molar-refractivity contribution in [3.05, 3.63) is 59.8 Å². The molecule has 0 aromatic carbocycles. The Kier molecular flexibility index (Phi) is 4.44. The van der Waals surface area contributed by atoms with Crippen molar-refractivity contribution in [1.82, 2.24) is 0 Å². The zero-order valence-corrected chi connectivity index (χ0v) is 14.2. The maximum absolute atomic E-state index is 10.4. The maximum Gasteiger partial charge on any atom is 0.143 e. The molecule has 0 saturated carbocycles. The van der Waals surface area contributed by atoms with E-state index in [9.17, 15) is 4.79 Å². The predicted octanol–water partition coefficient (Wildman–Crippen LogP) is 4.70. The maximum atomic E-state index is 10.4. The first-order valence-corrected chi connectivity index (χ1v) is 7.80. The van der Waals surface area contributed by atoms with Crippen LogP contribution in [-0.4, -0.2) is 17.5 Å². The van der Waals surface area contributed by atoms with Crippen LogP contribution in [0.5, 0.6) is 0 Å². The van der Waals surface area contributed by atoms with Crippen molar-refractivity contribution < 1.29 is 9.53 Å². The predicted molar refractivity (Wildman–Crippen MR) is 91.6 cm³/mol. The second-order valence-corrected chi connectivity index (χ2v) is 7.09. The van der Waals surface area contributed by atoms with Crippen molar-refractivity contribution in [2.75, 3.05) is 0 Å². The first-order valence-electron chi connectivity index (χ1n) is 7.80. The fourth-order valence-corrected chi connectivity index (χ4v) is 3.25. The summed E-state index contributed by atoms with van der Waals surface area (Å²) in [4.78, 5) is 10.4. The number of carbonyl (C=O) groups is 1. The smallest absolute Gasteiger partial charge is 0.143 e. The van der Waals surface area contributed by atoms with Crippen molar-refractivity contribution in [2.24, 2.45) is 5.41 Å². The lowest BCUT2D eigenvalue weighted by Crippen LogP contribution is -2.38. The summed E-state index contributed by atoms with van der Waals surface area (Å²) < 4.78 is 6.13. The Morgan fingerprint density at radius 2 is 1.77 bits per heavy atom. The lowest BCUT2D eigenvalue weighted by Gasteiger charge is -2.33. The Balaban J connectivity index is 2.11. The van der Waals surface area contributed by atoms with Crippen LogP contribution < -0.4 is 0 Å². The Morgan fingerprint density at radius 1 is 1.09 bits per heavy atom. The van der Waals surface area contributed by atoms with Gasteiger partial charge < -0.3 is 4.74 Å². The van der Waals surface area contributed by atoms with E-state index in [-0.39, 0.29) is 16.6 Å². The van der Waals surface area contributed by atoms with E-state index in [1.54, 1.807) is 6.08 Å². The molecule has 0 radical (unpaired) electrons. The molecule has 1 aliphatic carbocycles. The summed E-state index contributed by atoms with van der Waals surface area (Å²) in [5.41, 5.74) is 1.85. The van der Waals surface area contributed by atoms with Gasteiger partial charge in [-0.05, 0) is 44.9 Å². The van der Waals surface area contributed by atoms with E-state index in [4.69, 9.17) is 4.74 Å². The molecular weight excluding hydrogens is 272 g/mol. The van der Waals surface area contributed by atoms with Crippen LogP contribution in [0.15, 0.2) is 59.8 Å². The Labute approximate surface area is 133 Å². The van der Waals surface area contributed by atoms with Crippen LogP contribution >= 0.6 is 0 Å². The van der Waals surface area contributed by atoms with Crippen LogP contribution in [0.25, 0.3) is 0 Å². The summed E-state index contributed by atoms with van der Waals surface area (Å²) in [6, 6.07) is 0. The number of hydrogen-bond acceptors (Lipinski definition) is 2. The Morgan fingerprint density at radius 3 is 2.41 bits per heavy atom. The van der Waals surface area contributed by atoms with Gasteiger partial charge in [0.15, 0.2) is 0 Å². The summed E-state index contributed by atoms with van der Waals surface area (Å²) in [5, 5.41) is 0. The van der Waals surface area contributed by atoms with E-state index < -0.39 is 0 Å². The average Bonchev–Trinajstić information content (AvgIpc) is 3.05. The molecule has 2 rings (SSSR count).